The molecule has 1 amide bonds. The predicted octanol–water partition coefficient (Wildman–Crippen LogP) is 1.04. The molecule has 0 aliphatic heterocycles. The Balaban J connectivity index is 1.52. The summed E-state index contributed by atoms with van der Waals surface area (Å²) >= 11 is 0. The van der Waals surface area contributed by atoms with Crippen molar-refractivity contribution in [2.24, 2.45) is 0 Å². The van der Waals surface area contributed by atoms with E-state index in [1.165, 1.54) is 4.80 Å². The smallest absolute Gasteiger partial charge is 0.336 e. The molecule has 11 nitrogen and oxygen atoms in total. The summed E-state index contributed by atoms with van der Waals surface area (Å²) in [5.74, 6) is -1.87. The molecular formula is C24H26N4O7. The van der Waals surface area contributed by atoms with Crippen molar-refractivity contribution in [2.75, 3.05) is 5.32 Å². The molecule has 0 unspecified atom stereocenters. The van der Waals surface area contributed by atoms with Crippen LogP contribution in [0.5, 0.6) is 0 Å². The van der Waals surface area contributed by atoms with Crippen LogP contribution >= 0.6 is 0 Å². The molecule has 184 valence electrons. The Morgan fingerprint density at radius 1 is 1.03 bits per heavy atom. The molecule has 0 saturated heterocycles. The number of aliphatic hydroxyl groups is 3. The number of nitrogens with zero attached hydrogens (tertiary/aromatic N) is 3. The number of amides is 1. The molecule has 35 heavy (non-hydrogen) atoms. The lowest BCUT2D eigenvalue weighted by Crippen LogP contribution is -2.57. The van der Waals surface area contributed by atoms with Gasteiger partial charge in [0.25, 0.3) is 5.91 Å². The zero-order chi connectivity index (χ0) is 25.2. The zero-order valence-corrected chi connectivity index (χ0v) is 18.9. The van der Waals surface area contributed by atoms with Crippen molar-refractivity contribution in [1.82, 2.24) is 15.0 Å². The van der Waals surface area contributed by atoms with Crippen LogP contribution in [0.1, 0.15) is 34.6 Å². The average molecular weight is 482 g/mol. The molecule has 1 fully saturated rings. The third-order valence-electron chi connectivity index (χ3n) is 6.01. The Labute approximate surface area is 200 Å². The highest BCUT2D eigenvalue weighted by Gasteiger charge is 2.50. The number of rotatable bonds is 7. The first kappa shape index (κ1) is 24.5. The summed E-state index contributed by atoms with van der Waals surface area (Å²) in [5.41, 5.74) is 0.204. The van der Waals surface area contributed by atoms with Gasteiger partial charge in [-0.25, -0.2) is 4.79 Å². The first-order valence-electron chi connectivity index (χ1n) is 11.0. The minimum atomic E-state index is -1.90. The van der Waals surface area contributed by atoms with Crippen LogP contribution in [0.3, 0.4) is 0 Å². The van der Waals surface area contributed by atoms with Crippen LogP contribution in [0.15, 0.2) is 54.6 Å². The Morgan fingerprint density at radius 2 is 1.66 bits per heavy atom. The third-order valence-corrected chi connectivity index (χ3v) is 6.01. The summed E-state index contributed by atoms with van der Waals surface area (Å²) < 4.78 is 5.71. The van der Waals surface area contributed by atoms with E-state index in [2.05, 4.69) is 15.5 Å². The minimum Gasteiger partial charge on any atom is -0.479 e. The van der Waals surface area contributed by atoms with Crippen molar-refractivity contribution in [2.45, 2.75) is 50.3 Å². The number of ether oxygens (including phenoxy) is 1. The molecule has 3 aromatic rings. The van der Waals surface area contributed by atoms with Gasteiger partial charge in [0.05, 0.1) is 30.2 Å². The van der Waals surface area contributed by atoms with Crippen molar-refractivity contribution >= 4 is 17.6 Å². The number of carboxylic acid groups (broad SMARTS) is 1. The van der Waals surface area contributed by atoms with Crippen LogP contribution in [-0.2, 0) is 16.1 Å². The van der Waals surface area contributed by atoms with Gasteiger partial charge in [-0.2, -0.15) is 9.90 Å². The second-order valence-corrected chi connectivity index (χ2v) is 8.49. The lowest BCUT2D eigenvalue weighted by Gasteiger charge is -2.40. The lowest BCUT2D eigenvalue weighted by molar-refractivity contribution is -0.202. The van der Waals surface area contributed by atoms with Gasteiger partial charge in [0, 0.05) is 24.1 Å². The Morgan fingerprint density at radius 3 is 2.31 bits per heavy atom. The summed E-state index contributed by atoms with van der Waals surface area (Å²) in [6, 6.07) is 15.8. The number of aryl methyl sites for hydroxylation is 1. The summed E-state index contributed by atoms with van der Waals surface area (Å²) in [6.45, 7) is 1.44. The van der Waals surface area contributed by atoms with Crippen LogP contribution in [0, 0.1) is 6.92 Å². The van der Waals surface area contributed by atoms with Gasteiger partial charge >= 0.3 is 5.97 Å². The first-order chi connectivity index (χ1) is 16.7. The van der Waals surface area contributed by atoms with E-state index >= 15 is 0 Å². The van der Waals surface area contributed by atoms with E-state index in [0.29, 0.717) is 22.6 Å². The maximum absolute atomic E-state index is 13.0. The van der Waals surface area contributed by atoms with E-state index in [1.807, 2.05) is 30.3 Å². The summed E-state index contributed by atoms with van der Waals surface area (Å²) in [5, 5.41) is 50.9. The van der Waals surface area contributed by atoms with Gasteiger partial charge in [-0.05, 0) is 25.1 Å². The molecule has 1 aliphatic rings. The first-order valence-corrected chi connectivity index (χ1v) is 11.0. The number of carbonyl (C=O) groups excluding carboxylic acids is 1. The molecule has 2 aromatic carbocycles. The monoisotopic (exact) mass is 482 g/mol. The lowest BCUT2D eigenvalue weighted by atomic mass is 9.79. The summed E-state index contributed by atoms with van der Waals surface area (Å²) in [6.07, 6.45) is -5.15. The number of aliphatic carboxylic acids is 1. The number of aromatic nitrogens is 3. The van der Waals surface area contributed by atoms with Gasteiger partial charge in [0.2, 0.25) is 0 Å². The molecule has 0 radical (unpaired) electrons. The topological polar surface area (TPSA) is 167 Å². The van der Waals surface area contributed by atoms with Gasteiger partial charge in [0.1, 0.15) is 6.10 Å². The van der Waals surface area contributed by atoms with Gasteiger partial charge in [-0.3, -0.25) is 4.79 Å². The molecular weight excluding hydrogens is 456 g/mol. The van der Waals surface area contributed by atoms with Crippen molar-refractivity contribution in [3.05, 3.63) is 71.5 Å². The molecule has 0 bridgehead atoms. The van der Waals surface area contributed by atoms with Gasteiger partial charge < -0.3 is 30.5 Å². The number of para-hydroxylation sites is 2. The summed E-state index contributed by atoms with van der Waals surface area (Å²) in [4.78, 5) is 26.3. The number of benzene rings is 2. The van der Waals surface area contributed by atoms with E-state index < -0.39 is 48.6 Å². The number of hydrogen-bond acceptors (Lipinski definition) is 8. The van der Waals surface area contributed by atoms with E-state index in [1.54, 1.807) is 31.2 Å². The largest absolute Gasteiger partial charge is 0.479 e. The van der Waals surface area contributed by atoms with Crippen LogP contribution < -0.4 is 5.32 Å². The number of carboxylic acids is 1. The molecule has 1 aromatic heterocycles. The number of hydrogen-bond donors (Lipinski definition) is 5. The molecule has 5 N–H and O–H groups in total. The number of nitrogens with one attached hydrogen (secondary N) is 1. The van der Waals surface area contributed by atoms with Crippen molar-refractivity contribution in [3.63, 3.8) is 0 Å². The fraction of sp³-hybridized carbons (Fsp3) is 0.333. The maximum Gasteiger partial charge on any atom is 0.336 e. The quantitative estimate of drug-likeness (QED) is 0.331. The molecule has 4 rings (SSSR count). The van der Waals surface area contributed by atoms with Crippen molar-refractivity contribution < 1.29 is 34.8 Å². The van der Waals surface area contributed by atoms with E-state index in [0.717, 1.165) is 0 Å². The predicted molar refractivity (Wildman–Crippen MR) is 123 cm³/mol. The van der Waals surface area contributed by atoms with Crippen LogP contribution in [-0.4, -0.2) is 71.2 Å². The maximum atomic E-state index is 13.0. The van der Waals surface area contributed by atoms with Crippen LogP contribution in [0.25, 0.3) is 5.69 Å². The molecule has 1 aliphatic carbocycles. The second-order valence-electron chi connectivity index (χ2n) is 8.49. The van der Waals surface area contributed by atoms with E-state index in [4.69, 9.17) is 4.74 Å². The molecule has 1 heterocycles. The van der Waals surface area contributed by atoms with Crippen LogP contribution in [0.4, 0.5) is 5.69 Å². The number of aliphatic hydroxyl groups excluding tert-OH is 3. The van der Waals surface area contributed by atoms with Gasteiger partial charge in [-0.15, -0.1) is 5.10 Å². The van der Waals surface area contributed by atoms with E-state index in [9.17, 15) is 30.0 Å². The highest BCUT2D eigenvalue weighted by Crippen LogP contribution is 2.34. The standard InChI is InChI=1S/C24H26N4O7/c1-14-20(27-28(26-14)16-8-3-2-4-9-16)22(32)25-17-10-6-5-7-15(17)13-35-24(23(33)34)11-18(29)21(31)19(30)12-24/h2-10,18-19,21,29-31H,11-13H2,1H3,(H,25,32)(H,33,34)/t18-,19-,21?,24?/m1/s1. The summed E-state index contributed by atoms with van der Waals surface area (Å²) in [7, 11) is 0. The molecule has 1 saturated carbocycles. The average Bonchev–Trinajstić information content (AvgIpc) is 3.24. The fourth-order valence-corrected chi connectivity index (χ4v) is 4.04. The molecule has 11 heteroatoms. The van der Waals surface area contributed by atoms with Gasteiger partial charge in [0.15, 0.2) is 11.3 Å². The third kappa shape index (κ3) is 5.08. The fourth-order valence-electron chi connectivity index (χ4n) is 4.04. The Hall–Kier alpha value is -3.64. The highest BCUT2D eigenvalue weighted by atomic mass is 16.5. The molecule has 0 spiro atoms. The number of anilines is 1. The Kier molecular flexibility index (Phi) is 6.94. The molecule has 2 atom stereocenters. The Bertz CT molecular complexity index is 1200. The number of carbonyl (C=O) groups is 2. The minimum absolute atomic E-state index is 0.124. The van der Waals surface area contributed by atoms with E-state index in [-0.39, 0.29) is 12.3 Å². The SMILES string of the molecule is Cc1nn(-c2ccccc2)nc1C(=O)Nc1ccccc1COC1(C(=O)O)C[C@@H](O)C(O)[C@H](O)C1. The second kappa shape index (κ2) is 9.92. The zero-order valence-electron chi connectivity index (χ0n) is 18.9. The van der Waals surface area contributed by atoms with Crippen molar-refractivity contribution in [1.29, 1.82) is 0 Å². The normalized spacial score (nSPS) is 24.2. The van der Waals surface area contributed by atoms with Crippen molar-refractivity contribution in [3.8, 4) is 5.69 Å². The van der Waals surface area contributed by atoms with Gasteiger partial charge in [-0.1, -0.05) is 36.4 Å². The highest BCUT2D eigenvalue weighted by molar-refractivity contribution is 6.03. The van der Waals surface area contributed by atoms with Crippen LogP contribution in [0.2, 0.25) is 0 Å².